The third kappa shape index (κ3) is 4.76. The van der Waals surface area contributed by atoms with Crippen molar-refractivity contribution in [2.24, 2.45) is 17.8 Å². The Kier molecular flexibility index (Phi) is 6.37. The van der Waals surface area contributed by atoms with Crippen molar-refractivity contribution in [3.05, 3.63) is 11.4 Å². The van der Waals surface area contributed by atoms with Crippen molar-refractivity contribution in [2.75, 3.05) is 13.2 Å². The molecule has 1 aromatic heterocycles. The molecule has 2 aliphatic rings. The number of hydrogen-bond acceptors (Lipinski definition) is 4. The van der Waals surface area contributed by atoms with Crippen molar-refractivity contribution < 1.29 is 9.53 Å². The second-order valence-electron chi connectivity index (χ2n) is 7.61. The van der Waals surface area contributed by atoms with Gasteiger partial charge in [-0.2, -0.15) is 0 Å². The number of fused-ring (bicyclic) bond motifs is 2. The number of nitrogens with one attached hydrogen (secondary N) is 1. The third-order valence-corrected chi connectivity index (χ3v) is 5.92. The molecule has 1 aromatic rings. The molecular formula is C18H31BN4O2. The predicted octanol–water partition coefficient (Wildman–Crippen LogP) is 2.11. The Morgan fingerprint density at radius 2 is 2.00 bits per heavy atom. The molecule has 0 saturated heterocycles. The number of alkyl carbamates (subject to hydrolysis) is 1. The smallest absolute Gasteiger partial charge is 0.407 e. The fourth-order valence-electron chi connectivity index (χ4n) is 4.30. The molecular weight excluding hydrogens is 315 g/mol. The average Bonchev–Trinajstić information content (AvgIpc) is 3.13. The summed E-state index contributed by atoms with van der Waals surface area (Å²) in [6, 6.07) is 0. The molecule has 25 heavy (non-hydrogen) atoms. The number of carbonyl (C=O) groups excluding carboxylic acids is 1. The number of carbonyl (C=O) groups is 1. The fourth-order valence-corrected chi connectivity index (χ4v) is 4.30. The molecule has 7 heteroatoms. The van der Waals surface area contributed by atoms with Crippen LogP contribution in [0.25, 0.3) is 0 Å². The lowest BCUT2D eigenvalue weighted by Crippen LogP contribution is -2.26. The topological polar surface area (TPSA) is 69.0 Å². The van der Waals surface area contributed by atoms with E-state index in [4.69, 9.17) is 4.74 Å². The van der Waals surface area contributed by atoms with E-state index in [2.05, 4.69) is 22.6 Å². The van der Waals surface area contributed by atoms with Gasteiger partial charge in [0.1, 0.15) is 0 Å². The lowest BCUT2D eigenvalue weighted by Gasteiger charge is -2.08. The first kappa shape index (κ1) is 18.3. The van der Waals surface area contributed by atoms with Crippen molar-refractivity contribution >= 4 is 14.1 Å². The number of unbranched alkanes of at least 4 members (excludes halogenated alkanes) is 4. The summed E-state index contributed by atoms with van der Waals surface area (Å²) < 4.78 is 7.38. The van der Waals surface area contributed by atoms with Gasteiger partial charge in [-0.15, -0.1) is 5.10 Å². The summed E-state index contributed by atoms with van der Waals surface area (Å²) in [4.78, 5) is 11.8. The molecule has 0 bridgehead atoms. The minimum atomic E-state index is -0.246. The molecule has 0 spiro atoms. The number of amides is 1. The first-order chi connectivity index (χ1) is 12.2. The van der Waals surface area contributed by atoms with Crippen LogP contribution in [-0.4, -0.2) is 42.1 Å². The number of ether oxygens (including phenoxy) is 1. The van der Waals surface area contributed by atoms with Crippen LogP contribution in [0, 0.1) is 17.8 Å². The molecule has 2 aliphatic carbocycles. The van der Waals surface area contributed by atoms with Crippen molar-refractivity contribution in [1.82, 2.24) is 20.2 Å². The van der Waals surface area contributed by atoms with Gasteiger partial charge in [-0.25, -0.2) is 4.79 Å². The van der Waals surface area contributed by atoms with E-state index in [1.807, 2.05) is 12.6 Å². The lowest BCUT2D eigenvalue weighted by molar-refractivity contribution is 0.137. The fraction of sp³-hybridized carbons (Fsp3) is 0.833. The van der Waals surface area contributed by atoms with Crippen molar-refractivity contribution in [2.45, 2.75) is 64.7 Å². The summed E-state index contributed by atoms with van der Waals surface area (Å²) in [5.41, 5.74) is 2.44. The van der Waals surface area contributed by atoms with Gasteiger partial charge in [0.15, 0.2) is 0 Å². The van der Waals surface area contributed by atoms with Gasteiger partial charge in [-0.05, 0) is 49.9 Å². The summed E-state index contributed by atoms with van der Waals surface area (Å²) in [5.74, 6) is 1.93. The van der Waals surface area contributed by atoms with E-state index in [1.165, 1.54) is 31.4 Å². The van der Waals surface area contributed by atoms with Gasteiger partial charge in [0.2, 0.25) is 0 Å². The molecule has 1 amide bonds. The highest BCUT2D eigenvalue weighted by Crippen LogP contribution is 2.52. The van der Waals surface area contributed by atoms with E-state index in [1.54, 1.807) is 0 Å². The van der Waals surface area contributed by atoms with E-state index in [0.29, 0.717) is 24.4 Å². The molecule has 1 saturated carbocycles. The van der Waals surface area contributed by atoms with Gasteiger partial charge >= 0.3 is 6.09 Å². The normalized spacial score (nSPS) is 24.6. The molecule has 1 heterocycles. The zero-order valence-corrected chi connectivity index (χ0v) is 15.7. The number of nitrogens with zero attached hydrogens (tertiary/aromatic N) is 3. The maximum atomic E-state index is 11.8. The number of hydrogen-bond donors (Lipinski definition) is 1. The third-order valence-electron chi connectivity index (χ3n) is 5.92. The summed E-state index contributed by atoms with van der Waals surface area (Å²) in [6.45, 7) is 3.51. The van der Waals surface area contributed by atoms with Crippen LogP contribution in [0.5, 0.6) is 0 Å². The second-order valence-corrected chi connectivity index (χ2v) is 7.61. The molecule has 3 rings (SSSR count). The first-order valence-corrected chi connectivity index (χ1v) is 9.98. The molecule has 138 valence electrons. The monoisotopic (exact) mass is 346 g/mol. The zero-order chi connectivity index (χ0) is 17.6. The van der Waals surface area contributed by atoms with Crippen LogP contribution in [0.3, 0.4) is 0 Å². The largest absolute Gasteiger partial charge is 0.449 e. The van der Waals surface area contributed by atoms with E-state index < -0.39 is 0 Å². The SMILES string of the molecule is Bn1nnc2c1CCC1C(CC2)C1COC(=O)NCCCCCCC. The molecule has 3 atom stereocenters. The Bertz CT molecular complexity index is 577. The number of aromatic nitrogens is 3. The highest BCUT2D eigenvalue weighted by molar-refractivity contribution is 6.06. The Morgan fingerprint density at radius 3 is 2.80 bits per heavy atom. The van der Waals surface area contributed by atoms with Gasteiger partial charge in [0.05, 0.1) is 12.3 Å². The zero-order valence-electron chi connectivity index (χ0n) is 15.7. The highest BCUT2D eigenvalue weighted by atomic mass is 16.5. The minimum Gasteiger partial charge on any atom is -0.449 e. The van der Waals surface area contributed by atoms with Crippen molar-refractivity contribution in [1.29, 1.82) is 0 Å². The van der Waals surface area contributed by atoms with Crippen LogP contribution in [0.4, 0.5) is 4.79 Å². The van der Waals surface area contributed by atoms with E-state index in [9.17, 15) is 4.79 Å². The number of rotatable bonds is 8. The number of aryl methyl sites for hydroxylation is 1. The second kappa shape index (κ2) is 8.72. The Labute approximate surface area is 151 Å². The molecule has 6 nitrogen and oxygen atoms in total. The molecule has 3 unspecified atom stereocenters. The minimum absolute atomic E-state index is 0.246. The summed E-state index contributed by atoms with van der Waals surface area (Å²) in [5, 5.41) is 11.3. The van der Waals surface area contributed by atoms with Gasteiger partial charge in [-0.3, -0.25) is 0 Å². The molecule has 0 aliphatic heterocycles. The van der Waals surface area contributed by atoms with Gasteiger partial charge in [0.25, 0.3) is 7.98 Å². The summed E-state index contributed by atoms with van der Waals surface area (Å²) >= 11 is 0. The lowest BCUT2D eigenvalue weighted by atomic mass is 10.0. The molecule has 0 radical (unpaired) electrons. The first-order valence-electron chi connectivity index (χ1n) is 9.98. The molecule has 0 aromatic carbocycles. The van der Waals surface area contributed by atoms with E-state index in [0.717, 1.165) is 44.3 Å². The van der Waals surface area contributed by atoms with Crippen molar-refractivity contribution in [3.8, 4) is 0 Å². The quantitative estimate of drug-likeness (QED) is 0.578. The Balaban J connectivity index is 1.32. The van der Waals surface area contributed by atoms with E-state index in [-0.39, 0.29) is 6.09 Å². The Hall–Kier alpha value is -1.53. The average molecular weight is 346 g/mol. The van der Waals surface area contributed by atoms with E-state index >= 15 is 0 Å². The van der Waals surface area contributed by atoms with Crippen LogP contribution in [0.1, 0.15) is 63.3 Å². The van der Waals surface area contributed by atoms with Crippen LogP contribution >= 0.6 is 0 Å². The van der Waals surface area contributed by atoms with Crippen LogP contribution in [0.15, 0.2) is 0 Å². The molecule has 1 fully saturated rings. The van der Waals surface area contributed by atoms with Crippen LogP contribution in [0.2, 0.25) is 0 Å². The maximum absolute atomic E-state index is 11.8. The highest BCUT2D eigenvalue weighted by Gasteiger charge is 2.50. The van der Waals surface area contributed by atoms with Gasteiger partial charge < -0.3 is 14.6 Å². The van der Waals surface area contributed by atoms with Gasteiger partial charge in [-0.1, -0.05) is 37.8 Å². The Morgan fingerprint density at radius 1 is 1.24 bits per heavy atom. The summed E-state index contributed by atoms with van der Waals surface area (Å²) in [6.07, 6.45) is 10.1. The van der Waals surface area contributed by atoms with Gasteiger partial charge in [0, 0.05) is 12.2 Å². The van der Waals surface area contributed by atoms with Crippen LogP contribution < -0.4 is 5.32 Å². The maximum Gasteiger partial charge on any atom is 0.407 e. The molecule has 1 N–H and O–H groups in total. The predicted molar refractivity (Wildman–Crippen MR) is 99.2 cm³/mol. The standard InChI is InChI=1S/C18H31BN4O2/c1-2-3-4-5-6-11-20-18(24)25-12-15-13-7-9-16-17(10-8-14(13)15)23(19)22-21-16/h13-15H,2-12,19H2,1H3,(H,20,24). The van der Waals surface area contributed by atoms with Crippen molar-refractivity contribution in [3.63, 3.8) is 0 Å². The summed E-state index contributed by atoms with van der Waals surface area (Å²) in [7, 11) is 1.98. The van der Waals surface area contributed by atoms with Crippen LogP contribution in [-0.2, 0) is 17.6 Å².